The minimum Gasteiger partial charge on any atom is -0.388 e. The van der Waals surface area contributed by atoms with Gasteiger partial charge in [-0.3, -0.25) is 9.89 Å². The normalized spacial score (nSPS) is 22.5. The van der Waals surface area contributed by atoms with Crippen LogP contribution in [-0.4, -0.2) is 71.8 Å². The van der Waals surface area contributed by atoms with Crippen LogP contribution in [0.1, 0.15) is 40.0 Å². The molecular formula is C17H33IN4O. The van der Waals surface area contributed by atoms with E-state index in [9.17, 15) is 5.11 Å². The van der Waals surface area contributed by atoms with Gasteiger partial charge in [0, 0.05) is 38.8 Å². The molecule has 0 radical (unpaired) electrons. The van der Waals surface area contributed by atoms with Crippen LogP contribution in [-0.2, 0) is 0 Å². The average Bonchev–Trinajstić information content (AvgIpc) is 3.21. The van der Waals surface area contributed by atoms with E-state index < -0.39 is 5.60 Å². The molecule has 134 valence electrons. The summed E-state index contributed by atoms with van der Waals surface area (Å²) in [7, 11) is 0. The van der Waals surface area contributed by atoms with Crippen LogP contribution in [0.25, 0.3) is 0 Å². The van der Waals surface area contributed by atoms with E-state index in [1.165, 1.54) is 6.42 Å². The van der Waals surface area contributed by atoms with Crippen LogP contribution < -0.4 is 5.32 Å². The Morgan fingerprint density at radius 1 is 1.26 bits per heavy atom. The number of aliphatic imine (C=N–C) groups is 1. The molecule has 0 saturated carbocycles. The first-order valence-corrected chi connectivity index (χ1v) is 8.76. The monoisotopic (exact) mass is 436 g/mol. The van der Waals surface area contributed by atoms with Crippen LogP contribution >= 0.6 is 24.0 Å². The maximum Gasteiger partial charge on any atom is 0.194 e. The lowest BCUT2D eigenvalue weighted by Gasteiger charge is -2.27. The molecule has 0 spiro atoms. The van der Waals surface area contributed by atoms with Gasteiger partial charge in [-0.1, -0.05) is 26.0 Å². The highest BCUT2D eigenvalue weighted by atomic mass is 127. The highest BCUT2D eigenvalue weighted by Gasteiger charge is 2.30. The predicted molar refractivity (Wildman–Crippen MR) is 108 cm³/mol. The van der Waals surface area contributed by atoms with Gasteiger partial charge in [0.15, 0.2) is 5.96 Å². The van der Waals surface area contributed by atoms with Crippen molar-refractivity contribution in [2.75, 3.05) is 39.3 Å². The van der Waals surface area contributed by atoms with E-state index in [1.807, 2.05) is 13.8 Å². The van der Waals surface area contributed by atoms with E-state index in [1.54, 1.807) is 0 Å². The Labute approximate surface area is 158 Å². The smallest absolute Gasteiger partial charge is 0.194 e. The van der Waals surface area contributed by atoms with Crippen LogP contribution in [0.3, 0.4) is 0 Å². The SMILES string of the molecule is CCNC(=NCC(O)(CC)CC)N1CCC(N2CC=CC2)C1.I. The predicted octanol–water partition coefficient (Wildman–Crippen LogP) is 2.07. The number of hydrogen-bond donors (Lipinski definition) is 2. The molecule has 2 aliphatic heterocycles. The van der Waals surface area contributed by atoms with Crippen LogP contribution in [0.2, 0.25) is 0 Å². The van der Waals surface area contributed by atoms with E-state index in [0.717, 1.165) is 51.5 Å². The maximum absolute atomic E-state index is 10.4. The summed E-state index contributed by atoms with van der Waals surface area (Å²) < 4.78 is 0. The largest absolute Gasteiger partial charge is 0.388 e. The van der Waals surface area contributed by atoms with Gasteiger partial charge in [-0.15, -0.1) is 24.0 Å². The van der Waals surface area contributed by atoms with Crippen molar-refractivity contribution >= 4 is 29.9 Å². The minimum absolute atomic E-state index is 0. The van der Waals surface area contributed by atoms with Gasteiger partial charge in [0.2, 0.25) is 0 Å². The molecule has 0 aliphatic carbocycles. The molecule has 23 heavy (non-hydrogen) atoms. The van der Waals surface area contributed by atoms with Gasteiger partial charge in [-0.25, -0.2) is 0 Å². The van der Waals surface area contributed by atoms with Crippen LogP contribution in [0, 0.1) is 0 Å². The van der Waals surface area contributed by atoms with Crippen molar-refractivity contribution in [3.8, 4) is 0 Å². The molecule has 1 atom stereocenters. The zero-order valence-electron chi connectivity index (χ0n) is 14.8. The number of nitrogens with zero attached hydrogens (tertiary/aromatic N) is 3. The Morgan fingerprint density at radius 2 is 1.91 bits per heavy atom. The number of aliphatic hydroxyl groups is 1. The molecule has 5 nitrogen and oxygen atoms in total. The zero-order chi connectivity index (χ0) is 16.0. The quantitative estimate of drug-likeness (QED) is 0.290. The molecule has 0 aromatic heterocycles. The van der Waals surface area contributed by atoms with E-state index in [-0.39, 0.29) is 24.0 Å². The Kier molecular flexibility index (Phi) is 8.85. The van der Waals surface area contributed by atoms with Gasteiger partial charge in [-0.05, 0) is 26.2 Å². The number of guanidine groups is 1. The van der Waals surface area contributed by atoms with Crippen molar-refractivity contribution < 1.29 is 5.11 Å². The van der Waals surface area contributed by atoms with Gasteiger partial charge < -0.3 is 15.3 Å². The maximum atomic E-state index is 10.4. The van der Waals surface area contributed by atoms with E-state index >= 15 is 0 Å². The van der Waals surface area contributed by atoms with E-state index in [0.29, 0.717) is 12.6 Å². The van der Waals surface area contributed by atoms with Gasteiger partial charge in [0.25, 0.3) is 0 Å². The molecule has 2 heterocycles. The van der Waals surface area contributed by atoms with Crippen LogP contribution in [0.4, 0.5) is 0 Å². The summed E-state index contributed by atoms with van der Waals surface area (Å²) in [5.74, 6) is 0.956. The lowest BCUT2D eigenvalue weighted by atomic mass is 9.98. The van der Waals surface area contributed by atoms with Crippen molar-refractivity contribution in [1.82, 2.24) is 15.1 Å². The van der Waals surface area contributed by atoms with Gasteiger partial charge in [-0.2, -0.15) is 0 Å². The highest BCUT2D eigenvalue weighted by molar-refractivity contribution is 14.0. The first-order chi connectivity index (χ1) is 10.6. The average molecular weight is 436 g/mol. The van der Waals surface area contributed by atoms with Crippen molar-refractivity contribution in [3.05, 3.63) is 12.2 Å². The molecule has 0 aromatic carbocycles. The molecule has 6 heteroatoms. The van der Waals surface area contributed by atoms with Crippen molar-refractivity contribution in [2.45, 2.75) is 51.7 Å². The summed E-state index contributed by atoms with van der Waals surface area (Å²) in [5.41, 5.74) is -0.668. The summed E-state index contributed by atoms with van der Waals surface area (Å²) in [6, 6.07) is 0.620. The topological polar surface area (TPSA) is 51.1 Å². The first kappa shape index (κ1) is 20.7. The second kappa shape index (κ2) is 9.84. The number of likely N-dealkylation sites (tertiary alicyclic amines) is 1. The van der Waals surface area contributed by atoms with Gasteiger partial charge in [0.05, 0.1) is 12.1 Å². The molecule has 1 saturated heterocycles. The summed E-state index contributed by atoms with van der Waals surface area (Å²) >= 11 is 0. The third kappa shape index (κ3) is 5.60. The van der Waals surface area contributed by atoms with Gasteiger partial charge in [0.1, 0.15) is 0 Å². The Bertz CT molecular complexity index is 401. The van der Waals surface area contributed by atoms with E-state index in [4.69, 9.17) is 4.99 Å². The molecule has 1 fully saturated rings. The third-order valence-electron chi connectivity index (χ3n) is 5.00. The van der Waals surface area contributed by atoms with Crippen LogP contribution in [0.15, 0.2) is 17.1 Å². The van der Waals surface area contributed by atoms with Crippen molar-refractivity contribution in [3.63, 3.8) is 0 Å². The minimum atomic E-state index is -0.668. The summed E-state index contributed by atoms with van der Waals surface area (Å²) in [6.07, 6.45) is 7.19. The standard InChI is InChI=1S/C17H32N4O.HI/c1-4-17(22,5-2)14-19-16(18-6-3)21-12-9-15(13-21)20-10-7-8-11-20;/h7-8,15,22H,4-6,9-14H2,1-3H3,(H,18,19);1H. The molecule has 2 aliphatic rings. The lowest BCUT2D eigenvalue weighted by Crippen LogP contribution is -2.44. The second-order valence-corrected chi connectivity index (χ2v) is 6.42. The first-order valence-electron chi connectivity index (χ1n) is 8.76. The Balaban J connectivity index is 0.00000264. The molecule has 2 N–H and O–H groups in total. The number of halogens is 1. The number of nitrogens with one attached hydrogen (secondary N) is 1. The highest BCUT2D eigenvalue weighted by Crippen LogP contribution is 2.19. The summed E-state index contributed by atoms with van der Waals surface area (Å²) in [4.78, 5) is 9.59. The molecule has 0 bridgehead atoms. The van der Waals surface area contributed by atoms with Crippen LogP contribution in [0.5, 0.6) is 0 Å². The molecular weight excluding hydrogens is 403 g/mol. The fraction of sp³-hybridized carbons (Fsp3) is 0.824. The number of hydrogen-bond acceptors (Lipinski definition) is 3. The number of rotatable bonds is 6. The Hall–Kier alpha value is -0.340. The fourth-order valence-electron chi connectivity index (χ4n) is 3.15. The Morgan fingerprint density at radius 3 is 2.48 bits per heavy atom. The molecule has 1 unspecified atom stereocenters. The van der Waals surface area contributed by atoms with E-state index in [2.05, 4.69) is 34.2 Å². The zero-order valence-corrected chi connectivity index (χ0v) is 17.1. The second-order valence-electron chi connectivity index (χ2n) is 6.42. The molecule has 0 aromatic rings. The third-order valence-corrected chi connectivity index (χ3v) is 5.00. The van der Waals surface area contributed by atoms with Gasteiger partial charge >= 0.3 is 0 Å². The molecule has 0 amide bonds. The fourth-order valence-corrected chi connectivity index (χ4v) is 3.15. The summed E-state index contributed by atoms with van der Waals surface area (Å²) in [6.45, 7) is 11.7. The lowest BCUT2D eigenvalue weighted by molar-refractivity contribution is 0.0416. The van der Waals surface area contributed by atoms with Crippen molar-refractivity contribution in [2.24, 2.45) is 4.99 Å². The van der Waals surface area contributed by atoms with Crippen molar-refractivity contribution in [1.29, 1.82) is 0 Å². The summed E-state index contributed by atoms with van der Waals surface area (Å²) in [5, 5.41) is 13.8. The molecule has 2 rings (SSSR count).